The summed E-state index contributed by atoms with van der Waals surface area (Å²) < 4.78 is 5.86. The van der Waals surface area contributed by atoms with Crippen molar-refractivity contribution in [2.45, 2.75) is 32.0 Å². The van der Waals surface area contributed by atoms with Crippen LogP contribution in [-0.2, 0) is 9.53 Å². The van der Waals surface area contributed by atoms with Crippen molar-refractivity contribution in [3.05, 3.63) is 28.5 Å². The van der Waals surface area contributed by atoms with Gasteiger partial charge in [-0.15, -0.1) is 11.3 Å². The molecule has 19 heavy (non-hydrogen) atoms. The van der Waals surface area contributed by atoms with E-state index >= 15 is 0 Å². The second-order valence-electron chi connectivity index (χ2n) is 5.40. The molecule has 3 heterocycles. The normalized spacial score (nSPS) is 30.8. The maximum atomic E-state index is 12.2. The number of ether oxygens (including phenoxy) is 1. The molecule has 3 atom stereocenters. The molecule has 0 aliphatic carbocycles. The summed E-state index contributed by atoms with van der Waals surface area (Å²) in [6, 6.07) is 4.02. The van der Waals surface area contributed by atoms with E-state index in [2.05, 4.69) is 6.92 Å². The molecule has 3 nitrogen and oxygen atoms in total. The Balaban J connectivity index is 1.59. The van der Waals surface area contributed by atoms with Gasteiger partial charge in [0.1, 0.15) is 0 Å². The Bertz CT molecular complexity index is 468. The van der Waals surface area contributed by atoms with Crippen LogP contribution in [0.3, 0.4) is 0 Å². The molecule has 2 saturated heterocycles. The van der Waals surface area contributed by atoms with E-state index in [0.717, 1.165) is 30.8 Å². The Labute approximate surface area is 117 Å². The number of hydrogen-bond donors (Lipinski definition) is 0. The van der Waals surface area contributed by atoms with E-state index in [-0.39, 0.29) is 5.91 Å². The van der Waals surface area contributed by atoms with Gasteiger partial charge in [0.15, 0.2) is 0 Å². The first kappa shape index (κ1) is 12.9. The minimum absolute atomic E-state index is 0.131. The maximum Gasteiger partial charge on any atom is 0.246 e. The molecule has 2 fully saturated rings. The van der Waals surface area contributed by atoms with Gasteiger partial charge in [-0.1, -0.05) is 6.07 Å². The minimum Gasteiger partial charge on any atom is -0.375 e. The molecule has 3 rings (SSSR count). The van der Waals surface area contributed by atoms with E-state index < -0.39 is 0 Å². The lowest BCUT2D eigenvalue weighted by molar-refractivity contribution is -0.129. The van der Waals surface area contributed by atoms with Crippen LogP contribution in [0.15, 0.2) is 23.6 Å². The average molecular weight is 277 g/mol. The van der Waals surface area contributed by atoms with Gasteiger partial charge in [0.05, 0.1) is 12.2 Å². The molecular formula is C15H19NO2S. The second kappa shape index (κ2) is 5.47. The molecule has 2 aliphatic heterocycles. The zero-order valence-corrected chi connectivity index (χ0v) is 11.9. The van der Waals surface area contributed by atoms with Crippen LogP contribution in [0.4, 0.5) is 0 Å². The van der Waals surface area contributed by atoms with Gasteiger partial charge in [-0.05, 0) is 37.3 Å². The molecule has 4 heteroatoms. The van der Waals surface area contributed by atoms with Gasteiger partial charge in [0.2, 0.25) is 5.91 Å². The van der Waals surface area contributed by atoms with E-state index in [1.807, 2.05) is 28.5 Å². The molecule has 2 aliphatic rings. The summed E-state index contributed by atoms with van der Waals surface area (Å²) in [5, 5.41) is 2.02. The zero-order valence-electron chi connectivity index (χ0n) is 11.1. The highest BCUT2D eigenvalue weighted by Gasteiger charge is 2.38. The zero-order chi connectivity index (χ0) is 13.2. The third-order valence-corrected chi connectivity index (χ3v) is 4.79. The molecule has 1 aromatic rings. The molecule has 102 valence electrons. The molecule has 0 unspecified atom stereocenters. The number of carbonyl (C=O) groups excluding carboxylic acids is 1. The van der Waals surface area contributed by atoms with Crippen molar-refractivity contribution in [2.24, 2.45) is 5.92 Å². The summed E-state index contributed by atoms with van der Waals surface area (Å²) in [5.41, 5.74) is 0. The van der Waals surface area contributed by atoms with Crippen molar-refractivity contribution in [1.29, 1.82) is 0 Å². The molecule has 0 N–H and O–H groups in total. The Morgan fingerprint density at radius 3 is 3.26 bits per heavy atom. The first-order chi connectivity index (χ1) is 9.22. The molecule has 0 aromatic carbocycles. The summed E-state index contributed by atoms with van der Waals surface area (Å²) in [6.07, 6.45) is 6.40. The monoisotopic (exact) mass is 277 g/mol. The number of amides is 1. The first-order valence-electron chi connectivity index (χ1n) is 6.88. The van der Waals surface area contributed by atoms with E-state index in [4.69, 9.17) is 4.74 Å². The number of likely N-dealkylation sites (tertiary alicyclic amines) is 1. The predicted octanol–water partition coefficient (Wildman–Crippen LogP) is 2.79. The topological polar surface area (TPSA) is 29.5 Å². The minimum atomic E-state index is 0.131. The highest BCUT2D eigenvalue weighted by molar-refractivity contribution is 7.10. The predicted molar refractivity (Wildman–Crippen MR) is 77.0 cm³/mol. The number of fused-ring (bicyclic) bond motifs is 1. The lowest BCUT2D eigenvalue weighted by atomic mass is 9.93. The third kappa shape index (κ3) is 2.90. The van der Waals surface area contributed by atoms with Crippen molar-refractivity contribution < 1.29 is 9.53 Å². The number of thiophene rings is 1. The van der Waals surface area contributed by atoms with Crippen LogP contribution in [0, 0.1) is 5.92 Å². The largest absolute Gasteiger partial charge is 0.375 e. The molecule has 1 aromatic heterocycles. The highest BCUT2D eigenvalue weighted by atomic mass is 32.1. The number of hydrogen-bond acceptors (Lipinski definition) is 3. The van der Waals surface area contributed by atoms with Crippen LogP contribution >= 0.6 is 11.3 Å². The molecule has 0 radical (unpaired) electrons. The van der Waals surface area contributed by atoms with Gasteiger partial charge in [-0.25, -0.2) is 0 Å². The van der Waals surface area contributed by atoms with Crippen molar-refractivity contribution in [3.8, 4) is 0 Å². The van der Waals surface area contributed by atoms with Crippen LogP contribution in [0.25, 0.3) is 6.08 Å². The Kier molecular flexibility index (Phi) is 3.71. The standard InChI is InChI=1S/C15H19NO2S/c1-11-9-12-10-16(7-6-14(12)18-11)15(17)5-4-13-3-2-8-19-13/h2-5,8,11-12,14H,6-7,9-10H2,1H3/b5-4+/t11-,12-,14+/m0/s1. The molecule has 0 bridgehead atoms. The van der Waals surface area contributed by atoms with Crippen LogP contribution in [-0.4, -0.2) is 36.1 Å². The van der Waals surface area contributed by atoms with Crippen LogP contribution in [0.1, 0.15) is 24.6 Å². The van der Waals surface area contributed by atoms with Gasteiger partial charge in [-0.3, -0.25) is 4.79 Å². The van der Waals surface area contributed by atoms with E-state index in [9.17, 15) is 4.79 Å². The Morgan fingerprint density at radius 2 is 2.47 bits per heavy atom. The lowest BCUT2D eigenvalue weighted by Crippen LogP contribution is -2.43. The number of carbonyl (C=O) groups is 1. The van der Waals surface area contributed by atoms with Crippen molar-refractivity contribution in [3.63, 3.8) is 0 Å². The fraction of sp³-hybridized carbons (Fsp3) is 0.533. The van der Waals surface area contributed by atoms with Gasteiger partial charge in [0, 0.05) is 30.0 Å². The second-order valence-corrected chi connectivity index (χ2v) is 6.38. The van der Waals surface area contributed by atoms with E-state index in [1.165, 1.54) is 0 Å². The highest BCUT2D eigenvalue weighted by Crippen LogP contribution is 2.32. The van der Waals surface area contributed by atoms with Crippen molar-refractivity contribution in [2.75, 3.05) is 13.1 Å². The smallest absolute Gasteiger partial charge is 0.246 e. The Hall–Kier alpha value is -1.13. The lowest BCUT2D eigenvalue weighted by Gasteiger charge is -2.33. The van der Waals surface area contributed by atoms with Crippen LogP contribution < -0.4 is 0 Å². The van der Waals surface area contributed by atoms with Gasteiger partial charge in [-0.2, -0.15) is 0 Å². The first-order valence-corrected chi connectivity index (χ1v) is 7.76. The van der Waals surface area contributed by atoms with Gasteiger partial charge < -0.3 is 9.64 Å². The van der Waals surface area contributed by atoms with Crippen molar-refractivity contribution in [1.82, 2.24) is 4.90 Å². The SMILES string of the molecule is C[C@H]1C[C@H]2CN(C(=O)/C=C/c3cccs3)CC[C@H]2O1. The molecule has 0 spiro atoms. The fourth-order valence-corrected chi connectivity index (χ4v) is 3.66. The number of nitrogens with zero attached hydrogens (tertiary/aromatic N) is 1. The Morgan fingerprint density at radius 1 is 1.58 bits per heavy atom. The molecule has 1 amide bonds. The quantitative estimate of drug-likeness (QED) is 0.778. The van der Waals surface area contributed by atoms with Crippen molar-refractivity contribution >= 4 is 23.3 Å². The van der Waals surface area contributed by atoms with Crippen LogP contribution in [0.2, 0.25) is 0 Å². The summed E-state index contributed by atoms with van der Waals surface area (Å²) in [6.45, 7) is 3.80. The summed E-state index contributed by atoms with van der Waals surface area (Å²) in [7, 11) is 0. The van der Waals surface area contributed by atoms with Gasteiger partial charge >= 0.3 is 0 Å². The average Bonchev–Trinajstić information content (AvgIpc) is 3.02. The maximum absolute atomic E-state index is 12.2. The third-order valence-electron chi connectivity index (χ3n) is 3.95. The van der Waals surface area contributed by atoms with Crippen LogP contribution in [0.5, 0.6) is 0 Å². The molecule has 0 saturated carbocycles. The van der Waals surface area contributed by atoms with E-state index in [0.29, 0.717) is 18.1 Å². The summed E-state index contributed by atoms with van der Waals surface area (Å²) in [5.74, 6) is 0.661. The number of rotatable bonds is 2. The number of piperidine rings is 1. The summed E-state index contributed by atoms with van der Waals surface area (Å²) >= 11 is 1.65. The fourth-order valence-electron chi connectivity index (χ4n) is 3.04. The van der Waals surface area contributed by atoms with E-state index in [1.54, 1.807) is 17.4 Å². The van der Waals surface area contributed by atoms with Gasteiger partial charge in [0.25, 0.3) is 0 Å². The summed E-state index contributed by atoms with van der Waals surface area (Å²) in [4.78, 5) is 15.3. The molecular weight excluding hydrogens is 258 g/mol.